The molecule has 0 saturated carbocycles. The lowest BCUT2D eigenvalue weighted by Gasteiger charge is -2.19. The van der Waals surface area contributed by atoms with Crippen LogP contribution in [0.25, 0.3) is 0 Å². The third-order valence-electron chi connectivity index (χ3n) is 2.64. The van der Waals surface area contributed by atoms with Crippen molar-refractivity contribution in [1.82, 2.24) is 4.90 Å². The zero-order chi connectivity index (χ0) is 13.9. The first kappa shape index (κ1) is 14.2. The molecule has 0 aliphatic carbocycles. The molecule has 1 rings (SSSR count). The Balaban J connectivity index is 3.00. The normalized spacial score (nSPS) is 10.5. The third-order valence-corrected chi connectivity index (χ3v) is 2.64. The minimum absolute atomic E-state index is 0.0150. The highest BCUT2D eigenvalue weighted by molar-refractivity contribution is 5.94. The molecule has 98 valence electrons. The highest BCUT2D eigenvalue weighted by atomic mass is 16.6. The highest BCUT2D eigenvalue weighted by Gasteiger charge is 2.17. The van der Waals surface area contributed by atoms with Crippen molar-refractivity contribution in [1.29, 1.82) is 0 Å². The Kier molecular flexibility index (Phi) is 4.42. The SMILES string of the molecule is Cc1ccc(C(=O)N(C)CC(C)C)cc1[N+](=O)[O-]. The molecule has 1 aromatic carbocycles. The van der Waals surface area contributed by atoms with Gasteiger partial charge < -0.3 is 4.90 Å². The second-order valence-corrected chi connectivity index (χ2v) is 4.84. The summed E-state index contributed by atoms with van der Waals surface area (Å²) in [7, 11) is 1.70. The van der Waals surface area contributed by atoms with Crippen LogP contribution in [0, 0.1) is 23.0 Å². The molecule has 5 nitrogen and oxygen atoms in total. The fourth-order valence-electron chi connectivity index (χ4n) is 1.79. The van der Waals surface area contributed by atoms with E-state index in [-0.39, 0.29) is 11.6 Å². The van der Waals surface area contributed by atoms with E-state index in [0.717, 1.165) is 0 Å². The van der Waals surface area contributed by atoms with E-state index in [4.69, 9.17) is 0 Å². The number of amides is 1. The van der Waals surface area contributed by atoms with Gasteiger partial charge in [-0.3, -0.25) is 14.9 Å². The van der Waals surface area contributed by atoms with Crippen LogP contribution in [-0.4, -0.2) is 29.3 Å². The summed E-state index contributed by atoms with van der Waals surface area (Å²) < 4.78 is 0. The van der Waals surface area contributed by atoms with E-state index in [9.17, 15) is 14.9 Å². The molecule has 5 heteroatoms. The van der Waals surface area contributed by atoms with Crippen LogP contribution in [0.1, 0.15) is 29.8 Å². The van der Waals surface area contributed by atoms with Crippen LogP contribution in [0.4, 0.5) is 5.69 Å². The predicted octanol–water partition coefficient (Wildman–Crippen LogP) is 2.63. The zero-order valence-corrected chi connectivity index (χ0v) is 11.1. The number of hydrogen-bond donors (Lipinski definition) is 0. The Morgan fingerprint density at radius 3 is 2.56 bits per heavy atom. The van der Waals surface area contributed by atoms with E-state index >= 15 is 0 Å². The maximum Gasteiger partial charge on any atom is 0.273 e. The van der Waals surface area contributed by atoms with Crippen LogP contribution in [0.3, 0.4) is 0 Å². The van der Waals surface area contributed by atoms with Gasteiger partial charge in [0, 0.05) is 30.8 Å². The molecule has 0 aliphatic heterocycles. The van der Waals surface area contributed by atoms with Gasteiger partial charge in [-0.05, 0) is 18.9 Å². The molecule has 0 aliphatic rings. The Labute approximate surface area is 107 Å². The predicted molar refractivity (Wildman–Crippen MR) is 69.6 cm³/mol. The molecular formula is C13H18N2O3. The van der Waals surface area contributed by atoms with Gasteiger partial charge in [-0.2, -0.15) is 0 Å². The van der Waals surface area contributed by atoms with Gasteiger partial charge >= 0.3 is 0 Å². The lowest BCUT2D eigenvalue weighted by atomic mass is 10.1. The third kappa shape index (κ3) is 3.29. The van der Waals surface area contributed by atoms with Crippen molar-refractivity contribution < 1.29 is 9.72 Å². The average Bonchev–Trinajstić information content (AvgIpc) is 2.27. The van der Waals surface area contributed by atoms with Crippen LogP contribution in [0.2, 0.25) is 0 Å². The van der Waals surface area contributed by atoms with E-state index in [1.807, 2.05) is 13.8 Å². The fourth-order valence-corrected chi connectivity index (χ4v) is 1.79. The van der Waals surface area contributed by atoms with Crippen molar-refractivity contribution in [2.45, 2.75) is 20.8 Å². The van der Waals surface area contributed by atoms with Crippen LogP contribution in [0.5, 0.6) is 0 Å². The highest BCUT2D eigenvalue weighted by Crippen LogP contribution is 2.20. The summed E-state index contributed by atoms with van der Waals surface area (Å²) in [6, 6.07) is 4.57. The van der Waals surface area contributed by atoms with Crippen LogP contribution in [-0.2, 0) is 0 Å². The molecule has 18 heavy (non-hydrogen) atoms. The summed E-state index contributed by atoms with van der Waals surface area (Å²) in [6.07, 6.45) is 0. The number of nitro groups is 1. The summed E-state index contributed by atoms with van der Waals surface area (Å²) in [5, 5.41) is 10.8. The van der Waals surface area contributed by atoms with Crippen molar-refractivity contribution in [3.05, 3.63) is 39.4 Å². The summed E-state index contributed by atoms with van der Waals surface area (Å²) in [5.41, 5.74) is 0.900. The monoisotopic (exact) mass is 250 g/mol. The molecule has 0 radical (unpaired) electrons. The van der Waals surface area contributed by atoms with E-state index in [2.05, 4.69) is 0 Å². The van der Waals surface area contributed by atoms with Crippen molar-refractivity contribution in [2.24, 2.45) is 5.92 Å². The molecule has 0 aromatic heterocycles. The van der Waals surface area contributed by atoms with Crippen LogP contribution < -0.4 is 0 Å². The minimum atomic E-state index is -0.464. The van der Waals surface area contributed by atoms with Gasteiger partial charge in [0.2, 0.25) is 0 Å². The van der Waals surface area contributed by atoms with Gasteiger partial charge in [0.05, 0.1) is 4.92 Å². The van der Waals surface area contributed by atoms with Crippen LogP contribution in [0.15, 0.2) is 18.2 Å². The van der Waals surface area contributed by atoms with E-state index in [1.54, 1.807) is 31.0 Å². The van der Waals surface area contributed by atoms with Gasteiger partial charge in [-0.25, -0.2) is 0 Å². The lowest BCUT2D eigenvalue weighted by molar-refractivity contribution is -0.385. The first-order valence-electron chi connectivity index (χ1n) is 5.83. The molecule has 0 atom stereocenters. The molecule has 0 N–H and O–H groups in total. The van der Waals surface area contributed by atoms with Gasteiger partial charge in [0.1, 0.15) is 0 Å². The largest absolute Gasteiger partial charge is 0.341 e. The number of aryl methyl sites for hydroxylation is 1. The van der Waals surface area contributed by atoms with E-state index in [1.165, 1.54) is 6.07 Å². The van der Waals surface area contributed by atoms with E-state index in [0.29, 0.717) is 23.6 Å². The number of rotatable bonds is 4. The van der Waals surface area contributed by atoms with Gasteiger partial charge in [-0.15, -0.1) is 0 Å². The first-order valence-corrected chi connectivity index (χ1v) is 5.83. The summed E-state index contributed by atoms with van der Waals surface area (Å²) in [4.78, 5) is 24.0. The molecule has 0 unspecified atom stereocenters. The zero-order valence-electron chi connectivity index (χ0n) is 11.1. The summed E-state index contributed by atoms with van der Waals surface area (Å²) in [6.45, 7) is 6.31. The Bertz CT molecular complexity index is 469. The quantitative estimate of drug-likeness (QED) is 0.609. The van der Waals surface area contributed by atoms with Crippen molar-refractivity contribution in [2.75, 3.05) is 13.6 Å². The Morgan fingerprint density at radius 1 is 1.44 bits per heavy atom. The number of nitro benzene ring substituents is 1. The van der Waals surface area contributed by atoms with Gasteiger partial charge in [0.15, 0.2) is 0 Å². The average molecular weight is 250 g/mol. The maximum absolute atomic E-state index is 12.1. The lowest BCUT2D eigenvalue weighted by Crippen LogP contribution is -2.30. The Morgan fingerprint density at radius 2 is 2.06 bits per heavy atom. The number of carbonyl (C=O) groups is 1. The van der Waals surface area contributed by atoms with Crippen molar-refractivity contribution >= 4 is 11.6 Å². The second kappa shape index (κ2) is 5.62. The smallest absolute Gasteiger partial charge is 0.273 e. The number of nitrogens with zero attached hydrogens (tertiary/aromatic N) is 2. The molecule has 0 bridgehead atoms. The number of hydrogen-bond acceptors (Lipinski definition) is 3. The number of carbonyl (C=O) groups excluding carboxylic acids is 1. The van der Waals surface area contributed by atoms with Gasteiger partial charge in [0.25, 0.3) is 11.6 Å². The molecule has 1 amide bonds. The summed E-state index contributed by atoms with van der Waals surface area (Å²) >= 11 is 0. The van der Waals surface area contributed by atoms with Crippen LogP contribution >= 0.6 is 0 Å². The summed E-state index contributed by atoms with van der Waals surface area (Å²) in [5.74, 6) is 0.172. The molecule has 0 fully saturated rings. The van der Waals surface area contributed by atoms with Crippen molar-refractivity contribution in [3.8, 4) is 0 Å². The maximum atomic E-state index is 12.1. The fraction of sp³-hybridized carbons (Fsp3) is 0.462. The first-order chi connectivity index (χ1) is 8.32. The molecule has 1 aromatic rings. The van der Waals surface area contributed by atoms with Crippen molar-refractivity contribution in [3.63, 3.8) is 0 Å². The standard InChI is InChI=1S/C13H18N2O3/c1-9(2)8-14(4)13(16)11-6-5-10(3)12(7-11)15(17)18/h5-7,9H,8H2,1-4H3. The number of benzene rings is 1. The second-order valence-electron chi connectivity index (χ2n) is 4.84. The minimum Gasteiger partial charge on any atom is -0.341 e. The topological polar surface area (TPSA) is 63.5 Å². The Hall–Kier alpha value is -1.91. The van der Waals surface area contributed by atoms with Gasteiger partial charge in [-0.1, -0.05) is 19.9 Å². The molecule has 0 saturated heterocycles. The van der Waals surface area contributed by atoms with E-state index < -0.39 is 4.92 Å². The molecular weight excluding hydrogens is 232 g/mol. The molecule has 0 spiro atoms. The molecule has 0 heterocycles.